The van der Waals surface area contributed by atoms with E-state index in [1.807, 2.05) is 0 Å². The Hall–Kier alpha value is -4.71. The second-order valence-electron chi connectivity index (χ2n) is 20.2. The Labute approximate surface area is 474 Å². The largest absolute Gasteiger partial charge is 0.462 e. The quantitative estimate of drug-likeness (QED) is 0.0261. The van der Waals surface area contributed by atoms with Crippen molar-refractivity contribution in [1.29, 1.82) is 0 Å². The molecular formula is C71H114O6. The van der Waals surface area contributed by atoms with E-state index < -0.39 is 6.10 Å². The summed E-state index contributed by atoms with van der Waals surface area (Å²) in [5.74, 6) is -0.976. The van der Waals surface area contributed by atoms with Crippen LogP contribution in [0.25, 0.3) is 0 Å². The number of carbonyl (C=O) groups excluding carboxylic acids is 3. The molecule has 0 aromatic rings. The lowest BCUT2D eigenvalue weighted by Crippen LogP contribution is -2.30. The summed E-state index contributed by atoms with van der Waals surface area (Å²) in [5, 5.41) is 0. The van der Waals surface area contributed by atoms with Gasteiger partial charge in [0.2, 0.25) is 0 Å². The number of unbranched alkanes of at least 4 members (excludes halogenated alkanes) is 20. The van der Waals surface area contributed by atoms with Gasteiger partial charge >= 0.3 is 17.9 Å². The molecule has 0 saturated heterocycles. The molecule has 0 heterocycles. The smallest absolute Gasteiger partial charge is 0.306 e. The van der Waals surface area contributed by atoms with Gasteiger partial charge < -0.3 is 14.2 Å². The fourth-order valence-corrected chi connectivity index (χ4v) is 8.09. The third-order valence-electron chi connectivity index (χ3n) is 12.8. The Bertz CT molecular complexity index is 1700. The Morgan fingerprint density at radius 3 is 0.857 bits per heavy atom. The standard InChI is InChI=1S/C71H114O6/c1-4-7-10-13-16-19-22-25-28-30-32-33-34-35-36-37-38-39-40-42-43-46-49-52-55-58-61-64-70(73)76-67-68(66-75-69(72)63-60-57-54-51-48-45-27-24-21-18-15-12-9-6-3)77-71(74)65-62-59-56-53-50-47-44-41-31-29-26-23-20-17-14-11-8-5-2/h7,10,15-16,18-20,23-25,27-29,31-33,35-36,38-39,42-43,49,52,68H,4-6,8-9,11-14,17,21-22,26,30,34,37,40-41,44-48,50-51,53-67H2,1-3H3/b10-7-,18-15-,19-16-,23-20-,27-24-,28-25-,31-29-,33-32-,36-35-,39-38-,43-42-,52-49-. The van der Waals surface area contributed by atoms with Crippen LogP contribution in [0, 0.1) is 0 Å². The van der Waals surface area contributed by atoms with Gasteiger partial charge in [-0.25, -0.2) is 0 Å². The van der Waals surface area contributed by atoms with Crippen LogP contribution >= 0.6 is 0 Å². The van der Waals surface area contributed by atoms with Gasteiger partial charge in [0.25, 0.3) is 0 Å². The molecule has 0 bridgehead atoms. The van der Waals surface area contributed by atoms with Gasteiger partial charge in [-0.15, -0.1) is 0 Å². The minimum atomic E-state index is -0.814. The minimum absolute atomic E-state index is 0.108. The van der Waals surface area contributed by atoms with E-state index in [1.54, 1.807) is 0 Å². The first-order valence-electron chi connectivity index (χ1n) is 31.3. The molecule has 0 fully saturated rings. The van der Waals surface area contributed by atoms with Crippen LogP contribution in [0.2, 0.25) is 0 Å². The highest BCUT2D eigenvalue weighted by molar-refractivity contribution is 5.71. The number of ether oxygens (including phenoxy) is 3. The molecule has 0 N–H and O–H groups in total. The van der Waals surface area contributed by atoms with E-state index in [1.165, 1.54) is 77.0 Å². The SMILES string of the molecule is CC/C=C\C/C=C\C/C=C\C/C=C\C/C=C\C/C=C\C/C=C\C/C=C\CCCCC(=O)OCC(COC(=O)CCCCCCC/C=C\C/C=C\CCCC)OC(=O)CCCCCCCCC/C=C\C/C=C\CCCCCC. The molecule has 0 saturated carbocycles. The van der Waals surface area contributed by atoms with Crippen LogP contribution in [0.1, 0.15) is 265 Å². The minimum Gasteiger partial charge on any atom is -0.462 e. The van der Waals surface area contributed by atoms with Crippen LogP contribution in [-0.2, 0) is 28.6 Å². The van der Waals surface area contributed by atoms with Crippen molar-refractivity contribution >= 4 is 17.9 Å². The lowest BCUT2D eigenvalue weighted by atomic mass is 10.1. The fraction of sp³-hybridized carbons (Fsp3) is 0.620. The summed E-state index contributed by atoms with van der Waals surface area (Å²) in [7, 11) is 0. The maximum absolute atomic E-state index is 12.9. The summed E-state index contributed by atoms with van der Waals surface area (Å²) in [4.78, 5) is 38.3. The molecule has 434 valence electrons. The molecule has 6 heteroatoms. The zero-order valence-electron chi connectivity index (χ0n) is 49.7. The molecule has 0 rings (SSSR count). The van der Waals surface area contributed by atoms with Crippen molar-refractivity contribution in [3.63, 3.8) is 0 Å². The molecule has 0 amide bonds. The highest BCUT2D eigenvalue weighted by Crippen LogP contribution is 2.14. The number of allylic oxidation sites excluding steroid dienone is 24. The van der Waals surface area contributed by atoms with Crippen molar-refractivity contribution in [2.45, 2.75) is 271 Å². The van der Waals surface area contributed by atoms with E-state index in [0.29, 0.717) is 25.7 Å². The highest BCUT2D eigenvalue weighted by atomic mass is 16.6. The van der Waals surface area contributed by atoms with Gasteiger partial charge in [0, 0.05) is 19.3 Å². The third kappa shape index (κ3) is 62.0. The van der Waals surface area contributed by atoms with Gasteiger partial charge in [0.15, 0.2) is 6.10 Å². The van der Waals surface area contributed by atoms with Crippen molar-refractivity contribution in [3.05, 3.63) is 146 Å². The Kier molecular flexibility index (Phi) is 59.9. The normalized spacial score (nSPS) is 13.1. The molecule has 6 nitrogen and oxygen atoms in total. The van der Waals surface area contributed by atoms with E-state index in [9.17, 15) is 14.4 Å². The Morgan fingerprint density at radius 1 is 0.273 bits per heavy atom. The number of carbonyl (C=O) groups is 3. The van der Waals surface area contributed by atoms with E-state index in [-0.39, 0.29) is 31.1 Å². The van der Waals surface area contributed by atoms with E-state index in [4.69, 9.17) is 14.2 Å². The van der Waals surface area contributed by atoms with Crippen molar-refractivity contribution in [1.82, 2.24) is 0 Å². The lowest BCUT2D eigenvalue weighted by molar-refractivity contribution is -0.167. The van der Waals surface area contributed by atoms with Gasteiger partial charge in [0.05, 0.1) is 0 Å². The molecule has 0 spiro atoms. The molecule has 0 aliphatic heterocycles. The zero-order chi connectivity index (χ0) is 55.7. The summed E-state index contributed by atoms with van der Waals surface area (Å²) in [5.41, 5.74) is 0. The molecule has 0 aliphatic rings. The fourth-order valence-electron chi connectivity index (χ4n) is 8.09. The zero-order valence-corrected chi connectivity index (χ0v) is 49.7. The van der Waals surface area contributed by atoms with E-state index in [2.05, 4.69) is 167 Å². The second kappa shape index (κ2) is 63.8. The first kappa shape index (κ1) is 72.3. The lowest BCUT2D eigenvalue weighted by Gasteiger charge is -2.18. The van der Waals surface area contributed by atoms with E-state index >= 15 is 0 Å². The maximum atomic E-state index is 12.9. The molecule has 0 aromatic carbocycles. The predicted molar refractivity (Wildman–Crippen MR) is 334 cm³/mol. The monoisotopic (exact) mass is 1060 g/mol. The maximum Gasteiger partial charge on any atom is 0.306 e. The van der Waals surface area contributed by atoms with Crippen molar-refractivity contribution in [2.24, 2.45) is 0 Å². The van der Waals surface area contributed by atoms with Gasteiger partial charge in [-0.05, 0) is 141 Å². The van der Waals surface area contributed by atoms with Crippen LogP contribution in [0.15, 0.2) is 146 Å². The van der Waals surface area contributed by atoms with Crippen molar-refractivity contribution < 1.29 is 28.6 Å². The third-order valence-corrected chi connectivity index (χ3v) is 12.8. The number of hydrogen-bond acceptors (Lipinski definition) is 6. The van der Waals surface area contributed by atoms with Crippen molar-refractivity contribution in [2.75, 3.05) is 13.2 Å². The van der Waals surface area contributed by atoms with Crippen LogP contribution in [0.4, 0.5) is 0 Å². The summed E-state index contributed by atoms with van der Waals surface area (Å²) in [6.45, 7) is 6.41. The summed E-state index contributed by atoms with van der Waals surface area (Å²) in [6.07, 6.45) is 91.3. The Balaban J connectivity index is 4.48. The highest BCUT2D eigenvalue weighted by Gasteiger charge is 2.19. The van der Waals surface area contributed by atoms with Crippen LogP contribution in [-0.4, -0.2) is 37.2 Å². The first-order valence-corrected chi connectivity index (χ1v) is 31.3. The van der Waals surface area contributed by atoms with Gasteiger partial charge in [-0.1, -0.05) is 250 Å². The molecule has 1 unspecified atom stereocenters. The average molecular weight is 1060 g/mol. The summed E-state index contributed by atoms with van der Waals surface area (Å²) < 4.78 is 16.9. The van der Waals surface area contributed by atoms with Crippen molar-refractivity contribution in [3.8, 4) is 0 Å². The second-order valence-corrected chi connectivity index (χ2v) is 20.2. The van der Waals surface area contributed by atoms with Gasteiger partial charge in [0.1, 0.15) is 13.2 Å². The van der Waals surface area contributed by atoms with Gasteiger partial charge in [-0.2, -0.15) is 0 Å². The number of hydrogen-bond donors (Lipinski definition) is 0. The molecule has 0 radical (unpaired) electrons. The Morgan fingerprint density at radius 2 is 0.519 bits per heavy atom. The first-order chi connectivity index (χ1) is 38.0. The summed E-state index contributed by atoms with van der Waals surface area (Å²) >= 11 is 0. The molecule has 77 heavy (non-hydrogen) atoms. The molecule has 0 aromatic heterocycles. The predicted octanol–water partition coefficient (Wildman–Crippen LogP) is 21.5. The average Bonchev–Trinajstić information content (AvgIpc) is 3.43. The number of rotatable bonds is 55. The van der Waals surface area contributed by atoms with Crippen LogP contribution in [0.3, 0.4) is 0 Å². The van der Waals surface area contributed by atoms with Gasteiger partial charge in [-0.3, -0.25) is 14.4 Å². The molecule has 0 aliphatic carbocycles. The van der Waals surface area contributed by atoms with E-state index in [0.717, 1.165) is 141 Å². The summed E-state index contributed by atoms with van der Waals surface area (Å²) in [6, 6.07) is 0. The molecular weight excluding hydrogens is 949 g/mol. The van der Waals surface area contributed by atoms with Crippen LogP contribution in [0.5, 0.6) is 0 Å². The van der Waals surface area contributed by atoms with Crippen LogP contribution < -0.4 is 0 Å². The number of esters is 3. The topological polar surface area (TPSA) is 78.9 Å². The molecule has 1 atom stereocenters.